The zero-order valence-electron chi connectivity index (χ0n) is 11.9. The molecule has 0 aliphatic carbocycles. The molecule has 1 aromatic carbocycles. The number of carbonyl (C=O) groups is 1. The third kappa shape index (κ3) is 3.38. The van der Waals surface area contributed by atoms with E-state index in [-0.39, 0.29) is 11.6 Å². The van der Waals surface area contributed by atoms with Gasteiger partial charge in [-0.15, -0.1) is 0 Å². The fourth-order valence-electron chi connectivity index (χ4n) is 1.86. The molecule has 0 aliphatic heterocycles. The summed E-state index contributed by atoms with van der Waals surface area (Å²) in [7, 11) is 0. The van der Waals surface area contributed by atoms with Crippen LogP contribution in [0.3, 0.4) is 0 Å². The number of pyridine rings is 1. The summed E-state index contributed by atoms with van der Waals surface area (Å²) in [5.74, 6) is 0.400. The number of anilines is 1. The van der Waals surface area contributed by atoms with Crippen LogP contribution in [0.5, 0.6) is 0 Å². The van der Waals surface area contributed by atoms with E-state index in [1.165, 1.54) is 0 Å². The number of urea groups is 1. The van der Waals surface area contributed by atoms with Crippen molar-refractivity contribution < 1.29 is 4.79 Å². The maximum atomic E-state index is 11.7. The van der Waals surface area contributed by atoms with Gasteiger partial charge < -0.3 is 15.6 Å². The average molecular weight is 273 g/mol. The van der Waals surface area contributed by atoms with Crippen LogP contribution in [0.1, 0.15) is 19.4 Å². The summed E-state index contributed by atoms with van der Waals surface area (Å²) in [5, 5.41) is 6.47. The van der Waals surface area contributed by atoms with Gasteiger partial charge >= 0.3 is 6.03 Å². The first-order chi connectivity index (χ1) is 9.45. The molecule has 0 unspecified atom stereocenters. The van der Waals surface area contributed by atoms with Gasteiger partial charge in [0.2, 0.25) is 0 Å². The third-order valence-electron chi connectivity index (χ3n) is 2.96. The molecule has 20 heavy (non-hydrogen) atoms. The standard InChI is InChI=1S/C15H19N3O2/c1-9(2)8-16-15(20)17-12-5-4-11-6-10(3)14(19)18-13(11)7-12/h4-7,9H,8H2,1-3H3,(H,18,19)(H2,16,17,20). The summed E-state index contributed by atoms with van der Waals surface area (Å²) >= 11 is 0. The Balaban J connectivity index is 2.17. The van der Waals surface area contributed by atoms with Crippen LogP contribution in [0.2, 0.25) is 0 Å². The smallest absolute Gasteiger partial charge is 0.319 e. The van der Waals surface area contributed by atoms with Crippen LogP contribution in [0, 0.1) is 12.8 Å². The van der Waals surface area contributed by atoms with E-state index in [1.807, 2.05) is 32.0 Å². The molecule has 0 aliphatic rings. The summed E-state index contributed by atoms with van der Waals surface area (Å²) < 4.78 is 0. The van der Waals surface area contributed by atoms with E-state index in [0.29, 0.717) is 29.2 Å². The van der Waals surface area contributed by atoms with Crippen LogP contribution in [0.25, 0.3) is 10.9 Å². The topological polar surface area (TPSA) is 74.0 Å². The molecular formula is C15H19N3O2. The summed E-state index contributed by atoms with van der Waals surface area (Å²) in [4.78, 5) is 26.1. The summed E-state index contributed by atoms with van der Waals surface area (Å²) in [6.07, 6.45) is 0. The second-order valence-corrected chi connectivity index (χ2v) is 5.31. The quantitative estimate of drug-likeness (QED) is 0.804. The summed E-state index contributed by atoms with van der Waals surface area (Å²) in [5.41, 5.74) is 1.92. The fourth-order valence-corrected chi connectivity index (χ4v) is 1.86. The van der Waals surface area contributed by atoms with Crippen molar-refractivity contribution in [2.45, 2.75) is 20.8 Å². The Bertz CT molecular complexity index is 689. The molecule has 0 bridgehead atoms. The van der Waals surface area contributed by atoms with Gasteiger partial charge in [-0.2, -0.15) is 0 Å². The van der Waals surface area contributed by atoms with Crippen molar-refractivity contribution in [2.75, 3.05) is 11.9 Å². The van der Waals surface area contributed by atoms with E-state index in [2.05, 4.69) is 15.6 Å². The maximum Gasteiger partial charge on any atom is 0.319 e. The number of hydrogen-bond donors (Lipinski definition) is 3. The minimum absolute atomic E-state index is 0.112. The Morgan fingerprint density at radius 2 is 2.05 bits per heavy atom. The normalized spacial score (nSPS) is 10.8. The highest BCUT2D eigenvalue weighted by atomic mass is 16.2. The minimum atomic E-state index is -0.243. The number of aromatic nitrogens is 1. The molecule has 5 nitrogen and oxygen atoms in total. The van der Waals surface area contributed by atoms with Crippen LogP contribution in [-0.2, 0) is 0 Å². The fraction of sp³-hybridized carbons (Fsp3) is 0.333. The van der Waals surface area contributed by atoms with Gasteiger partial charge in [0.15, 0.2) is 0 Å². The SMILES string of the molecule is Cc1cc2ccc(NC(=O)NCC(C)C)cc2[nH]c1=O. The lowest BCUT2D eigenvalue weighted by Crippen LogP contribution is -2.31. The molecule has 0 radical (unpaired) electrons. The second kappa shape index (κ2) is 5.77. The van der Waals surface area contributed by atoms with Crippen molar-refractivity contribution in [2.24, 2.45) is 5.92 Å². The lowest BCUT2D eigenvalue weighted by Gasteiger charge is -2.10. The number of nitrogens with one attached hydrogen (secondary N) is 3. The number of fused-ring (bicyclic) bond motifs is 1. The van der Waals surface area contributed by atoms with Gasteiger partial charge in [-0.25, -0.2) is 4.79 Å². The number of benzene rings is 1. The van der Waals surface area contributed by atoms with Crippen molar-refractivity contribution in [3.63, 3.8) is 0 Å². The number of carbonyl (C=O) groups excluding carboxylic acids is 1. The predicted octanol–water partition coefficient (Wildman–Crippen LogP) is 2.61. The maximum absolute atomic E-state index is 11.7. The van der Waals surface area contributed by atoms with Gasteiger partial charge in [-0.3, -0.25) is 4.79 Å². The molecule has 106 valence electrons. The van der Waals surface area contributed by atoms with Gasteiger partial charge in [0.1, 0.15) is 0 Å². The van der Waals surface area contributed by atoms with Gasteiger partial charge in [0, 0.05) is 17.8 Å². The first-order valence-corrected chi connectivity index (χ1v) is 6.64. The second-order valence-electron chi connectivity index (χ2n) is 5.31. The molecule has 5 heteroatoms. The van der Waals surface area contributed by atoms with Gasteiger partial charge in [-0.1, -0.05) is 19.9 Å². The summed E-state index contributed by atoms with van der Waals surface area (Å²) in [6.45, 7) is 6.45. The molecule has 2 amide bonds. The Morgan fingerprint density at radius 1 is 1.30 bits per heavy atom. The highest BCUT2D eigenvalue weighted by molar-refractivity contribution is 5.92. The molecule has 3 N–H and O–H groups in total. The number of H-pyrrole nitrogens is 1. The monoisotopic (exact) mass is 273 g/mol. The highest BCUT2D eigenvalue weighted by Gasteiger charge is 2.04. The molecular weight excluding hydrogens is 254 g/mol. The third-order valence-corrected chi connectivity index (χ3v) is 2.96. The van der Waals surface area contributed by atoms with Crippen LogP contribution >= 0.6 is 0 Å². The first-order valence-electron chi connectivity index (χ1n) is 6.64. The number of aromatic amines is 1. The number of aryl methyl sites for hydroxylation is 1. The van der Waals surface area contributed by atoms with Crippen molar-refractivity contribution in [1.82, 2.24) is 10.3 Å². The Hall–Kier alpha value is -2.30. The van der Waals surface area contributed by atoms with Crippen molar-refractivity contribution in [1.29, 1.82) is 0 Å². The van der Waals surface area contributed by atoms with Crippen LogP contribution in [-0.4, -0.2) is 17.6 Å². The lowest BCUT2D eigenvalue weighted by molar-refractivity contribution is 0.251. The highest BCUT2D eigenvalue weighted by Crippen LogP contribution is 2.16. The number of amides is 2. The van der Waals surface area contributed by atoms with E-state index in [4.69, 9.17) is 0 Å². The molecule has 1 aromatic heterocycles. The minimum Gasteiger partial charge on any atom is -0.338 e. The average Bonchev–Trinajstić information content (AvgIpc) is 2.38. The predicted molar refractivity (Wildman–Crippen MR) is 81.2 cm³/mol. The van der Waals surface area contributed by atoms with Crippen molar-refractivity contribution in [3.05, 3.63) is 40.2 Å². The van der Waals surface area contributed by atoms with Crippen LogP contribution in [0.15, 0.2) is 29.1 Å². The lowest BCUT2D eigenvalue weighted by atomic mass is 10.1. The van der Waals surface area contributed by atoms with E-state index in [9.17, 15) is 9.59 Å². The van der Waals surface area contributed by atoms with Gasteiger partial charge in [-0.05, 0) is 36.4 Å². The van der Waals surface area contributed by atoms with Crippen LogP contribution in [0.4, 0.5) is 10.5 Å². The van der Waals surface area contributed by atoms with E-state index in [0.717, 1.165) is 5.39 Å². The molecule has 0 saturated carbocycles. The molecule has 0 fully saturated rings. The van der Waals surface area contributed by atoms with Gasteiger partial charge in [0.05, 0.1) is 5.52 Å². The molecule has 0 saturated heterocycles. The first kappa shape index (κ1) is 14.1. The van der Waals surface area contributed by atoms with E-state index >= 15 is 0 Å². The molecule has 0 spiro atoms. The molecule has 2 rings (SSSR count). The number of rotatable bonds is 3. The molecule has 2 aromatic rings. The van der Waals surface area contributed by atoms with Crippen LogP contribution < -0.4 is 16.2 Å². The Labute approximate surface area is 117 Å². The molecule has 1 heterocycles. The molecule has 0 atom stereocenters. The summed E-state index contributed by atoms with van der Waals surface area (Å²) in [6, 6.07) is 7.03. The van der Waals surface area contributed by atoms with Crippen molar-refractivity contribution >= 4 is 22.6 Å². The Kier molecular flexibility index (Phi) is 4.08. The largest absolute Gasteiger partial charge is 0.338 e. The van der Waals surface area contributed by atoms with E-state index < -0.39 is 0 Å². The zero-order valence-corrected chi connectivity index (χ0v) is 11.9. The van der Waals surface area contributed by atoms with Gasteiger partial charge in [0.25, 0.3) is 5.56 Å². The van der Waals surface area contributed by atoms with E-state index in [1.54, 1.807) is 13.0 Å². The zero-order chi connectivity index (χ0) is 14.7. The number of hydrogen-bond acceptors (Lipinski definition) is 2. The Morgan fingerprint density at radius 3 is 2.75 bits per heavy atom. The van der Waals surface area contributed by atoms with Crippen molar-refractivity contribution in [3.8, 4) is 0 Å².